The van der Waals surface area contributed by atoms with Crippen molar-refractivity contribution >= 4 is 5.78 Å². The van der Waals surface area contributed by atoms with E-state index in [4.69, 9.17) is 0 Å². The number of rotatable bonds is 1. The van der Waals surface area contributed by atoms with Crippen LogP contribution in [0.5, 0.6) is 5.75 Å². The van der Waals surface area contributed by atoms with E-state index in [1.54, 1.807) is 12.1 Å². The largest absolute Gasteiger partial charge is 0.508 e. The summed E-state index contributed by atoms with van der Waals surface area (Å²) in [6, 6.07) is 3.52. The molecule has 1 saturated carbocycles. The van der Waals surface area contributed by atoms with Crippen molar-refractivity contribution in [3.05, 3.63) is 28.8 Å². The zero-order chi connectivity index (χ0) is 15.4. The number of aliphatic hydroxyl groups is 1. The summed E-state index contributed by atoms with van der Waals surface area (Å²) in [5, 5.41) is 20.3. The Balaban J connectivity index is 2.26. The number of aliphatic hydroxyl groups excluding tert-OH is 1. The van der Waals surface area contributed by atoms with Crippen LogP contribution in [0.2, 0.25) is 0 Å². The summed E-state index contributed by atoms with van der Waals surface area (Å²) in [6.07, 6.45) is 3.53. The lowest BCUT2D eigenvalue weighted by atomic mass is 9.49. The first-order valence-corrected chi connectivity index (χ1v) is 7.80. The van der Waals surface area contributed by atoms with Crippen molar-refractivity contribution in [1.82, 2.24) is 0 Å². The third-order valence-electron chi connectivity index (χ3n) is 5.90. The highest BCUT2D eigenvalue weighted by Crippen LogP contribution is 2.57. The van der Waals surface area contributed by atoms with Crippen molar-refractivity contribution in [2.75, 3.05) is 6.61 Å². The minimum Gasteiger partial charge on any atom is -0.508 e. The van der Waals surface area contributed by atoms with Crippen molar-refractivity contribution in [2.45, 2.75) is 51.9 Å². The van der Waals surface area contributed by atoms with Gasteiger partial charge in [-0.25, -0.2) is 0 Å². The van der Waals surface area contributed by atoms with Gasteiger partial charge in [0.25, 0.3) is 0 Å². The van der Waals surface area contributed by atoms with E-state index in [9.17, 15) is 15.0 Å². The number of Topliss-reactive ketones (excluding diaryl/α,β-unsaturated/α-hetero) is 1. The fraction of sp³-hybridized carbons (Fsp3) is 0.611. The SMILES string of the molecule is Cc1cc2c(cc1O)C1(CO)CCCC(C)(C)C1CC2=O. The molecule has 0 aliphatic heterocycles. The first-order valence-electron chi connectivity index (χ1n) is 7.80. The van der Waals surface area contributed by atoms with Gasteiger partial charge >= 0.3 is 0 Å². The second-order valence-corrected chi connectivity index (χ2v) is 7.52. The Kier molecular flexibility index (Phi) is 3.17. The van der Waals surface area contributed by atoms with Crippen LogP contribution in [0.1, 0.15) is 61.0 Å². The van der Waals surface area contributed by atoms with Crippen molar-refractivity contribution in [2.24, 2.45) is 11.3 Å². The van der Waals surface area contributed by atoms with Crippen molar-refractivity contribution < 1.29 is 15.0 Å². The van der Waals surface area contributed by atoms with Gasteiger partial charge in [-0.05, 0) is 54.4 Å². The molecule has 3 heteroatoms. The predicted octanol–water partition coefficient (Wildman–Crippen LogP) is 3.34. The second-order valence-electron chi connectivity index (χ2n) is 7.52. The van der Waals surface area contributed by atoms with Crippen LogP contribution in [-0.2, 0) is 5.41 Å². The van der Waals surface area contributed by atoms with Gasteiger partial charge in [-0.2, -0.15) is 0 Å². The quantitative estimate of drug-likeness (QED) is 0.833. The molecule has 1 aromatic carbocycles. The molecule has 3 rings (SSSR count). The van der Waals surface area contributed by atoms with Crippen LogP contribution >= 0.6 is 0 Å². The van der Waals surface area contributed by atoms with Gasteiger partial charge in [-0.15, -0.1) is 0 Å². The number of hydrogen-bond acceptors (Lipinski definition) is 3. The maximum Gasteiger partial charge on any atom is 0.163 e. The number of phenols is 1. The van der Waals surface area contributed by atoms with E-state index in [2.05, 4.69) is 13.8 Å². The van der Waals surface area contributed by atoms with E-state index in [1.807, 2.05) is 6.92 Å². The Morgan fingerprint density at radius 1 is 1.29 bits per heavy atom. The monoisotopic (exact) mass is 288 g/mol. The van der Waals surface area contributed by atoms with Gasteiger partial charge in [0.1, 0.15) is 5.75 Å². The summed E-state index contributed by atoms with van der Waals surface area (Å²) in [5.41, 5.74) is 1.95. The number of aromatic hydroxyl groups is 1. The van der Waals surface area contributed by atoms with Crippen LogP contribution in [0.15, 0.2) is 12.1 Å². The zero-order valence-corrected chi connectivity index (χ0v) is 13.1. The van der Waals surface area contributed by atoms with Crippen LogP contribution in [-0.4, -0.2) is 22.6 Å². The molecule has 2 N–H and O–H groups in total. The molecule has 21 heavy (non-hydrogen) atoms. The van der Waals surface area contributed by atoms with Crippen LogP contribution < -0.4 is 0 Å². The number of benzene rings is 1. The minimum absolute atomic E-state index is 0.0365. The lowest BCUT2D eigenvalue weighted by Crippen LogP contribution is -2.53. The number of carbonyl (C=O) groups excluding carboxylic acids is 1. The van der Waals surface area contributed by atoms with E-state index in [-0.39, 0.29) is 34.9 Å². The summed E-state index contributed by atoms with van der Waals surface area (Å²) in [5.74, 6) is 0.515. The van der Waals surface area contributed by atoms with Gasteiger partial charge in [0.15, 0.2) is 5.78 Å². The van der Waals surface area contributed by atoms with Gasteiger partial charge in [-0.1, -0.05) is 20.3 Å². The van der Waals surface area contributed by atoms with Gasteiger partial charge in [-0.3, -0.25) is 4.79 Å². The lowest BCUT2D eigenvalue weighted by molar-refractivity contribution is -0.00198. The first kappa shape index (κ1) is 14.6. The number of aryl methyl sites for hydroxylation is 1. The highest BCUT2D eigenvalue weighted by atomic mass is 16.3. The van der Waals surface area contributed by atoms with Gasteiger partial charge in [0, 0.05) is 17.4 Å². The highest BCUT2D eigenvalue weighted by Gasteiger charge is 2.54. The molecule has 2 atom stereocenters. The molecule has 1 fully saturated rings. The second kappa shape index (κ2) is 4.57. The maximum atomic E-state index is 12.6. The first-order chi connectivity index (χ1) is 9.82. The van der Waals surface area contributed by atoms with E-state index in [1.165, 1.54) is 0 Å². The summed E-state index contributed by atoms with van der Waals surface area (Å²) in [6.45, 7) is 6.26. The summed E-state index contributed by atoms with van der Waals surface area (Å²) in [4.78, 5) is 12.6. The van der Waals surface area contributed by atoms with Gasteiger partial charge in [0.05, 0.1) is 6.61 Å². The third-order valence-corrected chi connectivity index (χ3v) is 5.90. The maximum absolute atomic E-state index is 12.6. The van der Waals surface area contributed by atoms with Crippen LogP contribution in [0.25, 0.3) is 0 Å². The zero-order valence-electron chi connectivity index (χ0n) is 13.1. The standard InChI is InChI=1S/C18H24O3/c1-11-7-12-13(8-14(11)20)18(10-19)6-4-5-17(2,3)16(18)9-15(12)21/h7-8,16,19-20H,4-6,9-10H2,1-3H3. The van der Waals surface area contributed by atoms with Crippen molar-refractivity contribution in [1.29, 1.82) is 0 Å². The van der Waals surface area contributed by atoms with Gasteiger partial charge < -0.3 is 10.2 Å². The molecular weight excluding hydrogens is 264 g/mol. The molecular formula is C18H24O3. The third kappa shape index (κ3) is 1.94. The predicted molar refractivity (Wildman–Crippen MR) is 81.7 cm³/mol. The summed E-state index contributed by atoms with van der Waals surface area (Å²) >= 11 is 0. The number of phenolic OH excluding ortho intramolecular Hbond substituents is 1. The molecule has 2 aliphatic carbocycles. The molecule has 0 heterocycles. The number of ketones is 1. The molecule has 0 radical (unpaired) electrons. The van der Waals surface area contributed by atoms with E-state index < -0.39 is 0 Å². The summed E-state index contributed by atoms with van der Waals surface area (Å²) < 4.78 is 0. The van der Waals surface area contributed by atoms with Gasteiger partial charge in [0.2, 0.25) is 0 Å². The topological polar surface area (TPSA) is 57.5 Å². The number of fused-ring (bicyclic) bond motifs is 3. The lowest BCUT2D eigenvalue weighted by Gasteiger charge is -2.54. The molecule has 1 aromatic rings. The molecule has 3 nitrogen and oxygen atoms in total. The Morgan fingerprint density at radius 2 is 2.00 bits per heavy atom. The summed E-state index contributed by atoms with van der Waals surface area (Å²) in [7, 11) is 0. The van der Waals surface area contributed by atoms with E-state index >= 15 is 0 Å². The number of carbonyl (C=O) groups is 1. The molecule has 2 aliphatic rings. The average Bonchev–Trinajstić information content (AvgIpc) is 2.42. The normalized spacial score (nSPS) is 30.7. The molecule has 0 spiro atoms. The van der Waals surface area contributed by atoms with Crippen LogP contribution in [0.3, 0.4) is 0 Å². The van der Waals surface area contributed by atoms with Crippen molar-refractivity contribution in [3.63, 3.8) is 0 Å². The highest BCUT2D eigenvalue weighted by molar-refractivity contribution is 6.00. The molecule has 0 saturated heterocycles. The molecule has 2 unspecified atom stereocenters. The molecule has 0 aromatic heterocycles. The Bertz CT molecular complexity index is 603. The molecule has 114 valence electrons. The molecule has 0 amide bonds. The Morgan fingerprint density at radius 3 is 2.67 bits per heavy atom. The fourth-order valence-electron chi connectivity index (χ4n) is 4.66. The van der Waals surface area contributed by atoms with Crippen LogP contribution in [0, 0.1) is 18.3 Å². The molecule has 0 bridgehead atoms. The van der Waals surface area contributed by atoms with Crippen molar-refractivity contribution in [3.8, 4) is 5.75 Å². The van der Waals surface area contributed by atoms with Crippen LogP contribution in [0.4, 0.5) is 0 Å². The minimum atomic E-state index is -0.379. The van der Waals surface area contributed by atoms with E-state index in [0.717, 1.165) is 30.4 Å². The smallest absolute Gasteiger partial charge is 0.163 e. The fourth-order valence-corrected chi connectivity index (χ4v) is 4.66. The Hall–Kier alpha value is -1.35. The Labute approximate surface area is 126 Å². The number of hydrogen-bond donors (Lipinski definition) is 2. The average molecular weight is 288 g/mol. The van der Waals surface area contributed by atoms with E-state index in [0.29, 0.717) is 12.0 Å².